The zero-order valence-corrected chi connectivity index (χ0v) is 16.2. The molecule has 1 atom stereocenters. The van der Waals surface area contributed by atoms with E-state index < -0.39 is 16.1 Å². The fourth-order valence-electron chi connectivity index (χ4n) is 2.37. The summed E-state index contributed by atoms with van der Waals surface area (Å²) in [6.07, 6.45) is 1.24. The van der Waals surface area contributed by atoms with Crippen LogP contribution in [0.3, 0.4) is 0 Å². The zero-order chi connectivity index (χ0) is 19.3. The number of amides is 1. The van der Waals surface area contributed by atoms with E-state index in [-0.39, 0.29) is 5.91 Å². The maximum atomic E-state index is 12.4. The Morgan fingerprint density at radius 1 is 1.19 bits per heavy atom. The van der Waals surface area contributed by atoms with Gasteiger partial charge in [0, 0.05) is 12.7 Å². The molecule has 0 saturated carbocycles. The predicted molar refractivity (Wildman–Crippen MR) is 104 cm³/mol. The molecule has 0 bridgehead atoms. The average Bonchev–Trinajstić information content (AvgIpc) is 2.60. The minimum Gasteiger partial charge on any atom is -0.481 e. The number of nitrogens with one attached hydrogen (secondary N) is 1. The molecule has 0 unspecified atom stereocenters. The molecule has 0 aliphatic heterocycles. The second-order valence-corrected chi connectivity index (χ2v) is 8.01. The van der Waals surface area contributed by atoms with Crippen molar-refractivity contribution in [3.63, 3.8) is 0 Å². The van der Waals surface area contributed by atoms with Crippen molar-refractivity contribution < 1.29 is 17.9 Å². The number of aryl methyl sites for hydroxylation is 1. The van der Waals surface area contributed by atoms with Crippen LogP contribution >= 0.6 is 0 Å². The summed E-state index contributed by atoms with van der Waals surface area (Å²) in [4.78, 5) is 12.4. The fraction of sp³-hybridized carbons (Fsp3) is 0.316. The van der Waals surface area contributed by atoms with Gasteiger partial charge in [-0.15, -0.1) is 0 Å². The molecular formula is C19H24N2O4S. The van der Waals surface area contributed by atoms with Gasteiger partial charge < -0.3 is 10.1 Å². The first-order valence-electron chi connectivity index (χ1n) is 8.31. The third kappa shape index (κ3) is 4.98. The van der Waals surface area contributed by atoms with Gasteiger partial charge in [-0.1, -0.05) is 31.2 Å². The topological polar surface area (TPSA) is 75.7 Å². The van der Waals surface area contributed by atoms with Gasteiger partial charge in [0.15, 0.2) is 6.10 Å². The summed E-state index contributed by atoms with van der Waals surface area (Å²) in [7, 11) is -1.91. The third-order valence-corrected chi connectivity index (χ3v) is 5.21. The molecule has 26 heavy (non-hydrogen) atoms. The second-order valence-electron chi connectivity index (χ2n) is 5.99. The molecule has 0 spiro atoms. The first kappa shape index (κ1) is 19.8. The van der Waals surface area contributed by atoms with Gasteiger partial charge in [-0.25, -0.2) is 8.42 Å². The highest BCUT2D eigenvalue weighted by atomic mass is 32.2. The highest BCUT2D eigenvalue weighted by Gasteiger charge is 2.17. The molecule has 2 aromatic rings. The van der Waals surface area contributed by atoms with Gasteiger partial charge in [0.25, 0.3) is 5.91 Å². The summed E-state index contributed by atoms with van der Waals surface area (Å²) in [5, 5.41) is 2.76. The quantitative estimate of drug-likeness (QED) is 0.806. The summed E-state index contributed by atoms with van der Waals surface area (Å²) < 4.78 is 30.2. The van der Waals surface area contributed by atoms with Crippen LogP contribution < -0.4 is 14.4 Å². The van der Waals surface area contributed by atoms with Crippen molar-refractivity contribution in [1.29, 1.82) is 0 Å². The highest BCUT2D eigenvalue weighted by Crippen LogP contribution is 2.22. The number of nitrogens with zero attached hydrogens (tertiary/aromatic N) is 1. The number of rotatable bonds is 7. The third-order valence-electron chi connectivity index (χ3n) is 4.00. The summed E-state index contributed by atoms with van der Waals surface area (Å²) in [6.45, 7) is 3.70. The van der Waals surface area contributed by atoms with E-state index in [0.29, 0.717) is 17.1 Å². The van der Waals surface area contributed by atoms with Crippen LogP contribution in [0.15, 0.2) is 48.5 Å². The Hall–Kier alpha value is -2.54. The number of benzene rings is 2. The lowest BCUT2D eigenvalue weighted by Gasteiger charge is -2.19. The van der Waals surface area contributed by atoms with Gasteiger partial charge in [0.1, 0.15) is 5.75 Å². The molecule has 0 saturated heterocycles. The van der Waals surface area contributed by atoms with Crippen LogP contribution in [-0.4, -0.2) is 33.7 Å². The molecule has 1 N–H and O–H groups in total. The Labute approximate surface area is 154 Å². The Kier molecular flexibility index (Phi) is 6.26. The van der Waals surface area contributed by atoms with Crippen molar-refractivity contribution in [2.24, 2.45) is 0 Å². The van der Waals surface area contributed by atoms with Crippen molar-refractivity contribution in [2.45, 2.75) is 26.4 Å². The van der Waals surface area contributed by atoms with E-state index in [1.165, 1.54) is 7.05 Å². The number of hydrogen-bond donors (Lipinski definition) is 1. The molecule has 0 aromatic heterocycles. The smallest absolute Gasteiger partial charge is 0.265 e. The number of ether oxygens (including phenoxy) is 1. The molecule has 0 aliphatic carbocycles. The van der Waals surface area contributed by atoms with E-state index in [0.717, 1.165) is 22.5 Å². The van der Waals surface area contributed by atoms with Crippen LogP contribution in [0.4, 0.5) is 11.4 Å². The molecule has 1 amide bonds. The lowest BCUT2D eigenvalue weighted by molar-refractivity contribution is -0.122. The Morgan fingerprint density at radius 2 is 1.88 bits per heavy atom. The highest BCUT2D eigenvalue weighted by molar-refractivity contribution is 7.92. The van der Waals surface area contributed by atoms with Crippen LogP contribution in [0.25, 0.3) is 0 Å². The van der Waals surface area contributed by atoms with E-state index in [4.69, 9.17) is 4.74 Å². The molecule has 0 radical (unpaired) electrons. The standard InChI is InChI=1S/C19H24N2O4S/c1-5-15-9-6-7-12-18(15)25-14(2)19(22)20-16-10-8-11-17(13-16)21(3)26(4,23)24/h6-14H,5H2,1-4H3,(H,20,22)/t14-/m1/s1. The van der Waals surface area contributed by atoms with Gasteiger partial charge >= 0.3 is 0 Å². The van der Waals surface area contributed by atoms with Gasteiger partial charge in [0.2, 0.25) is 10.0 Å². The lowest BCUT2D eigenvalue weighted by Crippen LogP contribution is -2.30. The largest absolute Gasteiger partial charge is 0.481 e. The molecular weight excluding hydrogens is 352 g/mol. The van der Waals surface area contributed by atoms with Crippen molar-refractivity contribution in [3.05, 3.63) is 54.1 Å². The number of sulfonamides is 1. The van der Waals surface area contributed by atoms with Crippen LogP contribution in [0.5, 0.6) is 5.75 Å². The van der Waals surface area contributed by atoms with E-state index in [1.54, 1.807) is 31.2 Å². The first-order valence-corrected chi connectivity index (χ1v) is 10.2. The van der Waals surface area contributed by atoms with Gasteiger partial charge in [0.05, 0.1) is 11.9 Å². The minimum atomic E-state index is -3.37. The van der Waals surface area contributed by atoms with E-state index in [1.807, 2.05) is 31.2 Å². The Bertz CT molecular complexity index is 881. The average molecular weight is 376 g/mol. The monoisotopic (exact) mass is 376 g/mol. The van der Waals surface area contributed by atoms with Crippen LogP contribution in [-0.2, 0) is 21.2 Å². The number of hydrogen-bond acceptors (Lipinski definition) is 4. The van der Waals surface area contributed by atoms with Crippen molar-refractivity contribution in [3.8, 4) is 5.75 Å². The first-order chi connectivity index (χ1) is 12.2. The maximum Gasteiger partial charge on any atom is 0.265 e. The number of carbonyl (C=O) groups excluding carboxylic acids is 1. The SMILES string of the molecule is CCc1ccccc1O[C@H](C)C(=O)Nc1cccc(N(C)S(C)(=O)=O)c1. The molecule has 140 valence electrons. The Morgan fingerprint density at radius 3 is 2.54 bits per heavy atom. The van der Waals surface area contributed by atoms with Gasteiger partial charge in [-0.2, -0.15) is 0 Å². The second kappa shape index (κ2) is 8.23. The fourth-order valence-corrected chi connectivity index (χ4v) is 2.87. The normalized spacial score (nSPS) is 12.3. The summed E-state index contributed by atoms with van der Waals surface area (Å²) >= 11 is 0. The Balaban J connectivity index is 2.10. The van der Waals surface area contributed by atoms with Crippen molar-refractivity contribution in [1.82, 2.24) is 0 Å². The predicted octanol–water partition coefficient (Wildman–Crippen LogP) is 3.05. The van der Waals surface area contributed by atoms with Crippen LogP contribution in [0.1, 0.15) is 19.4 Å². The number of para-hydroxylation sites is 1. The van der Waals surface area contributed by atoms with E-state index in [2.05, 4.69) is 5.32 Å². The van der Waals surface area contributed by atoms with Crippen LogP contribution in [0.2, 0.25) is 0 Å². The molecule has 2 aromatic carbocycles. The van der Waals surface area contributed by atoms with Gasteiger partial charge in [-0.3, -0.25) is 9.10 Å². The van der Waals surface area contributed by atoms with Gasteiger partial charge in [-0.05, 0) is 43.2 Å². The molecule has 7 heteroatoms. The number of anilines is 2. The zero-order valence-electron chi connectivity index (χ0n) is 15.4. The minimum absolute atomic E-state index is 0.310. The van der Waals surface area contributed by atoms with E-state index in [9.17, 15) is 13.2 Å². The molecule has 2 rings (SSSR count). The number of carbonyl (C=O) groups is 1. The molecule has 0 aliphatic rings. The summed E-state index contributed by atoms with van der Waals surface area (Å²) in [5.41, 5.74) is 2.00. The summed E-state index contributed by atoms with van der Waals surface area (Å²) in [6, 6.07) is 14.2. The maximum absolute atomic E-state index is 12.4. The molecule has 0 heterocycles. The van der Waals surface area contributed by atoms with Crippen molar-refractivity contribution >= 4 is 27.3 Å². The van der Waals surface area contributed by atoms with Crippen LogP contribution in [0, 0.1) is 0 Å². The molecule has 6 nitrogen and oxygen atoms in total. The molecule has 0 fully saturated rings. The van der Waals surface area contributed by atoms with E-state index >= 15 is 0 Å². The van der Waals surface area contributed by atoms with Crippen molar-refractivity contribution in [2.75, 3.05) is 22.9 Å². The lowest BCUT2D eigenvalue weighted by atomic mass is 10.1. The summed E-state index contributed by atoms with van der Waals surface area (Å²) in [5.74, 6) is 0.373.